The van der Waals surface area contributed by atoms with E-state index in [-0.39, 0.29) is 25.7 Å². The normalized spacial score (nSPS) is 14.2. The van der Waals surface area contributed by atoms with Gasteiger partial charge in [0.2, 0.25) is 0 Å². The lowest BCUT2D eigenvalue weighted by atomic mass is 10.0. The summed E-state index contributed by atoms with van der Waals surface area (Å²) in [6, 6.07) is 0. The van der Waals surface area contributed by atoms with Gasteiger partial charge in [-0.2, -0.15) is 0 Å². The van der Waals surface area contributed by atoms with Crippen LogP contribution in [0.5, 0.6) is 0 Å². The average Bonchev–Trinajstić information content (AvgIpc) is 3.68. The van der Waals surface area contributed by atoms with Gasteiger partial charge in [0, 0.05) is 25.7 Å². The molecular weight excluding hydrogens is 1140 g/mol. The molecule has 0 aromatic carbocycles. The van der Waals surface area contributed by atoms with Crippen LogP contribution in [0, 0.1) is 5.92 Å². The molecule has 0 aromatic rings. The SMILES string of the molecule is CCCCCCCCCCCCCCCC(=O)O[C@H](COC(=O)CCCCCCCCCCCCCC)COP(=O)(O)OC[C@@H](O)COP(=O)(O)OC[C@@H](COC(=O)CCCCCCCCCC(C)C)OC(=O)CCCCCCCCCCCCC. The minimum Gasteiger partial charge on any atom is -0.462 e. The van der Waals surface area contributed by atoms with E-state index in [1.54, 1.807) is 0 Å². The van der Waals surface area contributed by atoms with Crippen molar-refractivity contribution < 1.29 is 80.2 Å². The average molecular weight is 1270 g/mol. The number of unbranched alkanes of at least 4 members (excludes halogenated alkanes) is 39. The maximum absolute atomic E-state index is 13.0. The molecule has 0 bridgehead atoms. The highest BCUT2D eigenvalue weighted by Gasteiger charge is 2.30. The lowest BCUT2D eigenvalue weighted by Gasteiger charge is -2.21. The topological polar surface area (TPSA) is 237 Å². The number of carbonyl (C=O) groups excluding carboxylic acids is 4. The number of aliphatic hydroxyl groups excluding tert-OH is 1. The van der Waals surface area contributed by atoms with Gasteiger partial charge in [-0.3, -0.25) is 37.3 Å². The Kier molecular flexibility index (Phi) is 59.2. The maximum atomic E-state index is 13.0. The van der Waals surface area contributed by atoms with Crippen molar-refractivity contribution in [1.29, 1.82) is 0 Å². The van der Waals surface area contributed by atoms with E-state index in [4.69, 9.17) is 37.0 Å². The fraction of sp³-hybridized carbons (Fsp3) is 0.940. The predicted octanol–water partition coefficient (Wildman–Crippen LogP) is 19.0. The molecule has 0 aliphatic rings. The minimum atomic E-state index is -4.95. The largest absolute Gasteiger partial charge is 0.472 e. The molecule has 0 saturated carbocycles. The van der Waals surface area contributed by atoms with Crippen molar-refractivity contribution in [3.05, 3.63) is 0 Å². The molecule has 510 valence electrons. The van der Waals surface area contributed by atoms with Crippen LogP contribution in [0.2, 0.25) is 0 Å². The van der Waals surface area contributed by atoms with Gasteiger partial charge in [-0.05, 0) is 31.6 Å². The highest BCUT2D eigenvalue weighted by atomic mass is 31.2. The Morgan fingerprint density at radius 1 is 0.314 bits per heavy atom. The van der Waals surface area contributed by atoms with Crippen LogP contribution in [0.25, 0.3) is 0 Å². The third kappa shape index (κ3) is 60.9. The van der Waals surface area contributed by atoms with E-state index in [2.05, 4.69) is 34.6 Å². The van der Waals surface area contributed by atoms with Gasteiger partial charge in [0.25, 0.3) is 0 Å². The molecule has 0 radical (unpaired) electrons. The molecule has 0 spiro atoms. The van der Waals surface area contributed by atoms with Crippen LogP contribution in [0.1, 0.15) is 343 Å². The van der Waals surface area contributed by atoms with Gasteiger partial charge < -0.3 is 33.8 Å². The third-order valence-corrected chi connectivity index (χ3v) is 17.4. The molecule has 0 aliphatic heterocycles. The summed E-state index contributed by atoms with van der Waals surface area (Å²) in [6.45, 7) is 7.17. The Morgan fingerprint density at radius 2 is 0.535 bits per heavy atom. The Labute approximate surface area is 524 Å². The summed E-state index contributed by atoms with van der Waals surface area (Å²) >= 11 is 0. The molecule has 17 nitrogen and oxygen atoms in total. The van der Waals surface area contributed by atoms with Crippen molar-refractivity contribution in [2.45, 2.75) is 361 Å². The van der Waals surface area contributed by atoms with Gasteiger partial charge in [-0.25, -0.2) is 9.13 Å². The number of rotatable bonds is 67. The molecular formula is C67H130O17P2. The number of ether oxygens (including phenoxy) is 4. The second kappa shape index (κ2) is 60.6. The maximum Gasteiger partial charge on any atom is 0.472 e. The van der Waals surface area contributed by atoms with Crippen LogP contribution < -0.4 is 0 Å². The summed E-state index contributed by atoms with van der Waals surface area (Å²) in [4.78, 5) is 72.4. The lowest BCUT2D eigenvalue weighted by molar-refractivity contribution is -0.161. The van der Waals surface area contributed by atoms with Gasteiger partial charge in [-0.15, -0.1) is 0 Å². The molecule has 3 N–H and O–H groups in total. The molecule has 0 rings (SSSR count). The second-order valence-electron chi connectivity index (χ2n) is 24.7. The van der Waals surface area contributed by atoms with E-state index >= 15 is 0 Å². The Morgan fingerprint density at radius 3 is 0.791 bits per heavy atom. The Balaban J connectivity index is 5.24. The molecule has 0 heterocycles. The smallest absolute Gasteiger partial charge is 0.462 e. The van der Waals surface area contributed by atoms with Crippen LogP contribution in [-0.2, 0) is 65.4 Å². The summed E-state index contributed by atoms with van der Waals surface area (Å²) in [6.07, 6.45) is 45.7. The zero-order chi connectivity index (χ0) is 63.5. The Hall–Kier alpha value is -1.94. The molecule has 19 heteroatoms. The van der Waals surface area contributed by atoms with E-state index in [9.17, 15) is 43.2 Å². The zero-order valence-electron chi connectivity index (χ0n) is 55.4. The van der Waals surface area contributed by atoms with E-state index in [1.165, 1.54) is 161 Å². The number of esters is 4. The summed E-state index contributed by atoms with van der Waals surface area (Å²) < 4.78 is 68.1. The van der Waals surface area contributed by atoms with Crippen molar-refractivity contribution in [3.8, 4) is 0 Å². The van der Waals surface area contributed by atoms with Gasteiger partial charge >= 0.3 is 39.5 Å². The van der Waals surface area contributed by atoms with Crippen molar-refractivity contribution in [2.24, 2.45) is 5.92 Å². The van der Waals surface area contributed by atoms with E-state index in [0.717, 1.165) is 96.3 Å². The minimum absolute atomic E-state index is 0.106. The number of phosphoric ester groups is 2. The fourth-order valence-electron chi connectivity index (χ4n) is 10.1. The van der Waals surface area contributed by atoms with Crippen LogP contribution >= 0.6 is 15.6 Å². The molecule has 5 atom stereocenters. The molecule has 0 aromatic heterocycles. The number of hydrogen-bond donors (Lipinski definition) is 3. The molecule has 0 aliphatic carbocycles. The zero-order valence-corrected chi connectivity index (χ0v) is 57.2. The first-order valence-electron chi connectivity index (χ1n) is 35.1. The first-order valence-corrected chi connectivity index (χ1v) is 38.1. The highest BCUT2D eigenvalue weighted by molar-refractivity contribution is 7.47. The predicted molar refractivity (Wildman–Crippen MR) is 345 cm³/mol. The van der Waals surface area contributed by atoms with E-state index in [0.29, 0.717) is 31.6 Å². The molecule has 0 amide bonds. The first-order chi connectivity index (χ1) is 41.5. The van der Waals surface area contributed by atoms with Crippen molar-refractivity contribution >= 4 is 39.5 Å². The molecule has 86 heavy (non-hydrogen) atoms. The number of phosphoric acid groups is 2. The quantitative estimate of drug-likeness (QED) is 0.0222. The van der Waals surface area contributed by atoms with Gasteiger partial charge in [0.05, 0.1) is 26.4 Å². The van der Waals surface area contributed by atoms with E-state index in [1.807, 2.05) is 0 Å². The molecule has 0 fully saturated rings. The van der Waals surface area contributed by atoms with Crippen LogP contribution in [-0.4, -0.2) is 96.7 Å². The monoisotopic (exact) mass is 1270 g/mol. The van der Waals surface area contributed by atoms with Crippen molar-refractivity contribution in [2.75, 3.05) is 39.6 Å². The van der Waals surface area contributed by atoms with Crippen LogP contribution in [0.4, 0.5) is 0 Å². The standard InChI is InChI=1S/C67H130O17P2/c1-6-9-12-15-18-21-24-26-29-32-37-43-48-53-67(72)83-62(56-77-64(69)50-45-40-35-30-28-25-22-19-16-13-10-7-2)58-81-85(73,74)79-54-61(68)55-80-86(75,76)82-59-63(57-78-65(70)51-46-41-38-33-34-39-44-49-60(4)5)84-66(71)52-47-42-36-31-27-23-20-17-14-11-8-3/h60-63,68H,6-59H2,1-5H3,(H,73,74)(H,75,76)/t61-,62-,63-/m1/s1. The van der Waals surface area contributed by atoms with Gasteiger partial charge in [0.15, 0.2) is 12.2 Å². The summed E-state index contributed by atoms with van der Waals surface area (Å²) in [5.74, 6) is -1.42. The summed E-state index contributed by atoms with van der Waals surface area (Å²) in [5, 5.41) is 10.6. The van der Waals surface area contributed by atoms with Crippen molar-refractivity contribution in [1.82, 2.24) is 0 Å². The van der Waals surface area contributed by atoms with Crippen LogP contribution in [0.15, 0.2) is 0 Å². The second-order valence-corrected chi connectivity index (χ2v) is 27.6. The fourth-order valence-corrected chi connectivity index (χ4v) is 11.7. The molecule has 0 saturated heterocycles. The van der Waals surface area contributed by atoms with Crippen LogP contribution in [0.3, 0.4) is 0 Å². The number of aliphatic hydroxyl groups is 1. The van der Waals surface area contributed by atoms with Gasteiger partial charge in [-0.1, -0.05) is 291 Å². The summed E-state index contributed by atoms with van der Waals surface area (Å²) in [7, 11) is -9.89. The first kappa shape index (κ1) is 84.1. The van der Waals surface area contributed by atoms with E-state index < -0.39 is 97.5 Å². The van der Waals surface area contributed by atoms with Gasteiger partial charge in [0.1, 0.15) is 19.3 Å². The summed E-state index contributed by atoms with van der Waals surface area (Å²) in [5.41, 5.74) is 0. The molecule has 2 unspecified atom stereocenters. The lowest BCUT2D eigenvalue weighted by Crippen LogP contribution is -2.30. The van der Waals surface area contributed by atoms with Crippen molar-refractivity contribution in [3.63, 3.8) is 0 Å². The number of hydrogen-bond acceptors (Lipinski definition) is 15. The third-order valence-electron chi connectivity index (χ3n) is 15.5. The number of carbonyl (C=O) groups is 4. The highest BCUT2D eigenvalue weighted by Crippen LogP contribution is 2.45. The Bertz CT molecular complexity index is 1670.